The largest absolute Gasteiger partial charge is 0.394 e. The second-order valence-corrected chi connectivity index (χ2v) is 3.98. The van der Waals surface area contributed by atoms with Gasteiger partial charge in [0.15, 0.2) is 5.96 Å². The van der Waals surface area contributed by atoms with Crippen LogP contribution in [-0.2, 0) is 4.74 Å². The first-order valence-corrected chi connectivity index (χ1v) is 6.08. The van der Waals surface area contributed by atoms with Gasteiger partial charge in [0, 0.05) is 26.2 Å². The van der Waals surface area contributed by atoms with Crippen LogP contribution in [0.15, 0.2) is 4.99 Å². The van der Waals surface area contributed by atoms with Crippen molar-refractivity contribution in [1.29, 1.82) is 0 Å². The zero-order valence-electron chi connectivity index (χ0n) is 10.3. The molecule has 6 heteroatoms. The normalized spacial score (nSPS) is 16.8. The van der Waals surface area contributed by atoms with Gasteiger partial charge >= 0.3 is 0 Å². The van der Waals surface area contributed by atoms with E-state index >= 15 is 0 Å². The molecule has 0 atom stereocenters. The summed E-state index contributed by atoms with van der Waals surface area (Å²) in [5.41, 5.74) is 5.88. The van der Waals surface area contributed by atoms with Crippen LogP contribution in [0.1, 0.15) is 25.7 Å². The lowest BCUT2D eigenvalue weighted by Gasteiger charge is -2.27. The molecule has 0 bridgehead atoms. The van der Waals surface area contributed by atoms with E-state index in [-0.39, 0.29) is 30.6 Å². The van der Waals surface area contributed by atoms with Crippen LogP contribution < -0.4 is 5.73 Å². The number of aliphatic imine (C=N–C) groups is 1. The molecule has 0 unspecified atom stereocenters. The van der Waals surface area contributed by atoms with Gasteiger partial charge in [-0.15, -0.1) is 24.0 Å². The maximum atomic E-state index is 8.50. The van der Waals surface area contributed by atoms with Crippen LogP contribution >= 0.6 is 24.0 Å². The molecule has 0 saturated carbocycles. The molecule has 0 aromatic rings. The van der Waals surface area contributed by atoms with Crippen LogP contribution in [0.3, 0.4) is 0 Å². The third-order valence-electron chi connectivity index (χ3n) is 2.64. The predicted octanol–water partition coefficient (Wildman–Crippen LogP) is 0.804. The molecule has 1 heterocycles. The van der Waals surface area contributed by atoms with E-state index in [1.54, 1.807) is 0 Å². The zero-order chi connectivity index (χ0) is 11.6. The number of hydrogen-bond donors (Lipinski definition) is 2. The molecule has 1 aliphatic rings. The van der Waals surface area contributed by atoms with Gasteiger partial charge < -0.3 is 20.5 Å². The van der Waals surface area contributed by atoms with Crippen molar-refractivity contribution < 1.29 is 9.84 Å². The summed E-state index contributed by atoms with van der Waals surface area (Å²) in [7, 11) is 0. The Morgan fingerprint density at radius 2 is 1.94 bits per heavy atom. The molecule has 1 aliphatic heterocycles. The molecule has 1 fully saturated rings. The molecule has 1 rings (SSSR count). The zero-order valence-corrected chi connectivity index (χ0v) is 12.6. The monoisotopic (exact) mass is 357 g/mol. The van der Waals surface area contributed by atoms with Crippen molar-refractivity contribution >= 4 is 29.9 Å². The topological polar surface area (TPSA) is 71.1 Å². The Morgan fingerprint density at radius 3 is 2.59 bits per heavy atom. The van der Waals surface area contributed by atoms with Gasteiger partial charge in [0.25, 0.3) is 0 Å². The summed E-state index contributed by atoms with van der Waals surface area (Å²) >= 11 is 0. The first-order valence-electron chi connectivity index (χ1n) is 6.08. The number of aliphatic hydroxyl groups is 1. The van der Waals surface area contributed by atoms with Crippen molar-refractivity contribution in [3.05, 3.63) is 0 Å². The van der Waals surface area contributed by atoms with Gasteiger partial charge in [0.2, 0.25) is 0 Å². The van der Waals surface area contributed by atoms with E-state index in [0.717, 1.165) is 19.5 Å². The highest BCUT2D eigenvalue weighted by atomic mass is 127. The first-order chi connectivity index (χ1) is 7.84. The second kappa shape index (κ2) is 11.0. The molecular formula is C11H24IN3O2. The lowest BCUT2D eigenvalue weighted by Crippen LogP contribution is -2.40. The summed E-state index contributed by atoms with van der Waals surface area (Å²) in [6.07, 6.45) is 4.60. The minimum absolute atomic E-state index is 0. The summed E-state index contributed by atoms with van der Waals surface area (Å²) in [5.74, 6) is 0.668. The fourth-order valence-corrected chi connectivity index (χ4v) is 1.75. The summed E-state index contributed by atoms with van der Waals surface area (Å²) in [6, 6.07) is 0. The molecule has 0 aliphatic carbocycles. The van der Waals surface area contributed by atoms with Crippen molar-refractivity contribution in [2.24, 2.45) is 10.7 Å². The highest BCUT2D eigenvalue weighted by Crippen LogP contribution is 2.07. The average molecular weight is 357 g/mol. The maximum Gasteiger partial charge on any atom is 0.191 e. The molecule has 0 spiro atoms. The Bertz CT molecular complexity index is 209. The molecule has 5 nitrogen and oxygen atoms in total. The van der Waals surface area contributed by atoms with Crippen molar-refractivity contribution in [2.75, 3.05) is 39.5 Å². The predicted molar refractivity (Wildman–Crippen MR) is 79.9 cm³/mol. The Balaban J connectivity index is 0.00000256. The van der Waals surface area contributed by atoms with Crippen molar-refractivity contribution in [3.8, 4) is 0 Å². The van der Waals surface area contributed by atoms with Crippen molar-refractivity contribution in [3.63, 3.8) is 0 Å². The van der Waals surface area contributed by atoms with E-state index in [1.807, 2.05) is 0 Å². The van der Waals surface area contributed by atoms with E-state index in [9.17, 15) is 0 Å². The van der Waals surface area contributed by atoms with Gasteiger partial charge in [0.05, 0.1) is 13.2 Å². The van der Waals surface area contributed by atoms with Gasteiger partial charge in [-0.1, -0.05) is 0 Å². The number of aliphatic hydroxyl groups excluding tert-OH is 1. The molecule has 3 N–H and O–H groups in total. The van der Waals surface area contributed by atoms with E-state index in [2.05, 4.69) is 9.89 Å². The number of rotatable bonds is 6. The molecule has 0 aromatic heterocycles. The standard InChI is InChI=1S/C11H23N3O2.HI/c12-11(14-6-2-1-3-7-14)13-5-4-9-16-10-8-15;/h15H,1-10H2,(H2,12,13);1H. The fourth-order valence-electron chi connectivity index (χ4n) is 1.75. The molecule has 1 saturated heterocycles. The summed E-state index contributed by atoms with van der Waals surface area (Å²) < 4.78 is 5.14. The van der Waals surface area contributed by atoms with Crippen LogP contribution in [0, 0.1) is 0 Å². The summed E-state index contributed by atoms with van der Waals surface area (Å²) in [6.45, 7) is 3.91. The molecule has 17 heavy (non-hydrogen) atoms. The minimum Gasteiger partial charge on any atom is -0.394 e. The van der Waals surface area contributed by atoms with Gasteiger partial charge in [-0.05, 0) is 25.7 Å². The number of halogens is 1. The van der Waals surface area contributed by atoms with Gasteiger partial charge in [-0.3, -0.25) is 4.99 Å². The summed E-state index contributed by atoms with van der Waals surface area (Å²) in [4.78, 5) is 6.47. The number of piperidine rings is 1. The van der Waals surface area contributed by atoms with Crippen molar-refractivity contribution in [2.45, 2.75) is 25.7 Å². The Hall–Kier alpha value is -0.0800. The molecule has 0 radical (unpaired) electrons. The van der Waals surface area contributed by atoms with Crippen LogP contribution in [0.4, 0.5) is 0 Å². The van der Waals surface area contributed by atoms with Gasteiger partial charge in [0.1, 0.15) is 0 Å². The molecular weight excluding hydrogens is 333 g/mol. The average Bonchev–Trinajstić information content (AvgIpc) is 2.34. The quantitative estimate of drug-likeness (QED) is 0.319. The number of ether oxygens (including phenoxy) is 1. The molecule has 0 aromatic carbocycles. The number of guanidine groups is 1. The van der Waals surface area contributed by atoms with Crippen LogP contribution in [0.5, 0.6) is 0 Å². The number of likely N-dealkylation sites (tertiary alicyclic amines) is 1. The molecule has 0 amide bonds. The Kier molecular flexibility index (Phi) is 11.0. The first kappa shape index (κ1) is 16.9. The van der Waals surface area contributed by atoms with Crippen LogP contribution in [-0.4, -0.2) is 55.4 Å². The maximum absolute atomic E-state index is 8.50. The lowest BCUT2D eigenvalue weighted by molar-refractivity contribution is 0.0917. The lowest BCUT2D eigenvalue weighted by atomic mass is 10.1. The number of hydrogen-bond acceptors (Lipinski definition) is 3. The smallest absolute Gasteiger partial charge is 0.191 e. The highest BCUT2D eigenvalue weighted by Gasteiger charge is 2.11. The van der Waals surface area contributed by atoms with Crippen molar-refractivity contribution in [1.82, 2.24) is 4.90 Å². The third-order valence-corrected chi connectivity index (χ3v) is 2.64. The fraction of sp³-hybridized carbons (Fsp3) is 0.909. The third kappa shape index (κ3) is 7.77. The van der Waals surface area contributed by atoms with Crippen LogP contribution in [0.2, 0.25) is 0 Å². The SMILES string of the molecule is I.NC(=NCCCOCCO)N1CCCCC1. The highest BCUT2D eigenvalue weighted by molar-refractivity contribution is 14.0. The van der Waals surface area contributed by atoms with Gasteiger partial charge in [-0.2, -0.15) is 0 Å². The molecule has 102 valence electrons. The van der Waals surface area contributed by atoms with E-state index < -0.39 is 0 Å². The van der Waals surface area contributed by atoms with E-state index in [4.69, 9.17) is 15.6 Å². The second-order valence-electron chi connectivity index (χ2n) is 3.98. The number of nitrogens with zero attached hydrogens (tertiary/aromatic N) is 2. The number of nitrogens with two attached hydrogens (primary N) is 1. The van der Waals surface area contributed by atoms with Crippen LogP contribution in [0.25, 0.3) is 0 Å². The van der Waals surface area contributed by atoms with E-state index in [0.29, 0.717) is 25.7 Å². The van der Waals surface area contributed by atoms with E-state index in [1.165, 1.54) is 19.3 Å². The summed E-state index contributed by atoms with van der Waals surface area (Å²) in [5, 5.41) is 8.50. The minimum atomic E-state index is 0. The Morgan fingerprint density at radius 1 is 1.24 bits per heavy atom. The van der Waals surface area contributed by atoms with Gasteiger partial charge in [-0.25, -0.2) is 0 Å². The Labute approximate surface area is 120 Å².